The lowest BCUT2D eigenvalue weighted by molar-refractivity contribution is 0.00955. The van der Waals surface area contributed by atoms with E-state index in [1.54, 1.807) is 16.0 Å². The zero-order chi connectivity index (χ0) is 23.5. The molecule has 2 heterocycles. The molecule has 1 saturated heterocycles. The summed E-state index contributed by atoms with van der Waals surface area (Å²) in [6, 6.07) is 3.73. The van der Waals surface area contributed by atoms with Gasteiger partial charge in [-0.1, -0.05) is 18.9 Å². The SMILES string of the molecule is CC(C)(C)OC(=O)N(c1ncccc1[C@H]1CCCCN1C(=O)OC(C)(C)C)C1CCCC1. The van der Waals surface area contributed by atoms with E-state index in [-0.39, 0.29) is 24.3 Å². The quantitative estimate of drug-likeness (QED) is 0.552. The molecule has 2 amide bonds. The van der Waals surface area contributed by atoms with E-state index >= 15 is 0 Å². The van der Waals surface area contributed by atoms with Gasteiger partial charge in [0.2, 0.25) is 0 Å². The average Bonchev–Trinajstić information content (AvgIpc) is 3.20. The van der Waals surface area contributed by atoms with Crippen molar-refractivity contribution in [3.63, 3.8) is 0 Å². The number of ether oxygens (including phenoxy) is 2. The number of nitrogens with zero attached hydrogens (tertiary/aromatic N) is 3. The molecule has 2 aliphatic rings. The summed E-state index contributed by atoms with van der Waals surface area (Å²) < 4.78 is 11.5. The van der Waals surface area contributed by atoms with Gasteiger partial charge in [-0.25, -0.2) is 14.6 Å². The molecular weight excluding hydrogens is 406 g/mol. The van der Waals surface area contributed by atoms with Crippen molar-refractivity contribution in [2.75, 3.05) is 11.4 Å². The van der Waals surface area contributed by atoms with Crippen LogP contribution in [0.15, 0.2) is 18.3 Å². The van der Waals surface area contributed by atoms with Crippen LogP contribution in [0.1, 0.15) is 98.1 Å². The Hall–Kier alpha value is -2.31. The number of amides is 2. The number of carbonyl (C=O) groups is 2. The molecule has 0 bridgehead atoms. The van der Waals surface area contributed by atoms with Gasteiger partial charge in [-0.3, -0.25) is 4.90 Å². The lowest BCUT2D eigenvalue weighted by atomic mass is 9.95. The van der Waals surface area contributed by atoms with Gasteiger partial charge in [-0.05, 0) is 79.7 Å². The van der Waals surface area contributed by atoms with Crippen molar-refractivity contribution in [2.45, 2.75) is 110 Å². The highest BCUT2D eigenvalue weighted by molar-refractivity contribution is 5.88. The zero-order valence-corrected chi connectivity index (χ0v) is 20.5. The second-order valence-corrected chi connectivity index (χ2v) is 10.9. The fourth-order valence-corrected chi connectivity index (χ4v) is 4.55. The average molecular weight is 446 g/mol. The third kappa shape index (κ3) is 6.14. The van der Waals surface area contributed by atoms with Crippen LogP contribution in [0.2, 0.25) is 0 Å². The van der Waals surface area contributed by atoms with Gasteiger partial charge in [0.25, 0.3) is 0 Å². The monoisotopic (exact) mass is 445 g/mol. The first-order valence-corrected chi connectivity index (χ1v) is 11.9. The van der Waals surface area contributed by atoms with Gasteiger partial charge in [0.1, 0.15) is 17.0 Å². The zero-order valence-electron chi connectivity index (χ0n) is 20.5. The highest BCUT2D eigenvalue weighted by Gasteiger charge is 2.38. The van der Waals surface area contributed by atoms with E-state index in [0.29, 0.717) is 12.4 Å². The summed E-state index contributed by atoms with van der Waals surface area (Å²) in [6.45, 7) is 11.9. The fourth-order valence-electron chi connectivity index (χ4n) is 4.55. The molecule has 2 fully saturated rings. The number of pyridine rings is 1. The molecule has 0 unspecified atom stereocenters. The maximum absolute atomic E-state index is 13.3. The van der Waals surface area contributed by atoms with Crippen LogP contribution in [0.5, 0.6) is 0 Å². The summed E-state index contributed by atoms with van der Waals surface area (Å²) in [4.78, 5) is 34.6. The van der Waals surface area contributed by atoms with Crippen LogP contribution >= 0.6 is 0 Å². The molecule has 7 heteroatoms. The molecule has 1 aliphatic heterocycles. The molecule has 1 atom stereocenters. The molecule has 7 nitrogen and oxygen atoms in total. The Morgan fingerprint density at radius 2 is 1.59 bits per heavy atom. The minimum atomic E-state index is -0.601. The standard InChI is InChI=1S/C25H39N3O4/c1-24(2,3)31-22(29)27-17-10-9-15-20(27)19-14-11-16-26-21(19)28(18-12-7-8-13-18)23(30)32-25(4,5)6/h11,14,16,18,20H,7-10,12-13,15,17H2,1-6H3/t20-/m1/s1. The van der Waals surface area contributed by atoms with E-state index in [4.69, 9.17) is 9.47 Å². The van der Waals surface area contributed by atoms with E-state index in [1.807, 2.05) is 53.7 Å². The molecule has 0 N–H and O–H groups in total. The van der Waals surface area contributed by atoms with Gasteiger partial charge in [0, 0.05) is 24.3 Å². The third-order valence-corrected chi connectivity index (χ3v) is 5.81. The minimum Gasteiger partial charge on any atom is -0.444 e. The van der Waals surface area contributed by atoms with Crippen LogP contribution in [0.25, 0.3) is 0 Å². The van der Waals surface area contributed by atoms with Crippen molar-refractivity contribution in [1.29, 1.82) is 0 Å². The van der Waals surface area contributed by atoms with Gasteiger partial charge in [0.05, 0.1) is 6.04 Å². The highest BCUT2D eigenvalue weighted by atomic mass is 16.6. The largest absolute Gasteiger partial charge is 0.444 e. The van der Waals surface area contributed by atoms with Gasteiger partial charge >= 0.3 is 12.2 Å². The summed E-state index contributed by atoms with van der Waals surface area (Å²) in [5, 5.41) is 0. The van der Waals surface area contributed by atoms with Gasteiger partial charge < -0.3 is 14.4 Å². The Bertz CT molecular complexity index is 806. The Morgan fingerprint density at radius 1 is 0.969 bits per heavy atom. The summed E-state index contributed by atoms with van der Waals surface area (Å²) in [6.07, 6.45) is 7.80. The summed E-state index contributed by atoms with van der Waals surface area (Å²) in [5.41, 5.74) is -0.282. The summed E-state index contributed by atoms with van der Waals surface area (Å²) >= 11 is 0. The molecule has 0 spiro atoms. The number of rotatable bonds is 3. The van der Waals surface area contributed by atoms with Crippen molar-refractivity contribution in [1.82, 2.24) is 9.88 Å². The van der Waals surface area contributed by atoms with E-state index in [9.17, 15) is 9.59 Å². The first kappa shape index (κ1) is 24.3. The van der Waals surface area contributed by atoms with Crippen molar-refractivity contribution in [3.8, 4) is 0 Å². The predicted molar refractivity (Wildman–Crippen MR) is 125 cm³/mol. The Morgan fingerprint density at radius 3 is 2.22 bits per heavy atom. The molecular formula is C25H39N3O4. The number of hydrogen-bond acceptors (Lipinski definition) is 5. The van der Waals surface area contributed by atoms with Gasteiger partial charge in [-0.2, -0.15) is 0 Å². The fraction of sp³-hybridized carbons (Fsp3) is 0.720. The van der Waals surface area contributed by atoms with Crippen LogP contribution < -0.4 is 4.90 Å². The Labute approximate surface area is 192 Å². The number of likely N-dealkylation sites (tertiary alicyclic amines) is 1. The van der Waals surface area contributed by atoms with Crippen LogP contribution in [-0.2, 0) is 9.47 Å². The topological polar surface area (TPSA) is 72.0 Å². The van der Waals surface area contributed by atoms with E-state index in [0.717, 1.165) is 50.5 Å². The van der Waals surface area contributed by atoms with Crippen LogP contribution in [0, 0.1) is 0 Å². The van der Waals surface area contributed by atoms with E-state index < -0.39 is 11.2 Å². The third-order valence-electron chi connectivity index (χ3n) is 5.81. The maximum atomic E-state index is 13.3. The smallest absolute Gasteiger partial charge is 0.416 e. The van der Waals surface area contributed by atoms with Crippen molar-refractivity contribution in [3.05, 3.63) is 23.9 Å². The molecule has 32 heavy (non-hydrogen) atoms. The first-order valence-electron chi connectivity index (χ1n) is 11.9. The Kier molecular flexibility index (Phi) is 7.36. The van der Waals surface area contributed by atoms with E-state index in [1.165, 1.54) is 0 Å². The van der Waals surface area contributed by atoms with Crippen LogP contribution in [0.3, 0.4) is 0 Å². The molecule has 0 radical (unpaired) electrons. The predicted octanol–water partition coefficient (Wildman–Crippen LogP) is 6.23. The molecule has 0 aromatic carbocycles. The molecule has 1 aromatic heterocycles. The molecule has 3 rings (SSSR count). The molecule has 178 valence electrons. The second kappa shape index (κ2) is 9.67. The number of piperidine rings is 1. The van der Waals surface area contributed by atoms with Crippen LogP contribution in [0.4, 0.5) is 15.4 Å². The molecule has 1 saturated carbocycles. The summed E-state index contributed by atoms with van der Waals surface area (Å²) in [5.74, 6) is 0.606. The van der Waals surface area contributed by atoms with Crippen molar-refractivity contribution in [2.24, 2.45) is 0 Å². The molecule has 1 aliphatic carbocycles. The lowest BCUT2D eigenvalue weighted by Crippen LogP contribution is -2.45. The van der Waals surface area contributed by atoms with E-state index in [2.05, 4.69) is 4.98 Å². The van der Waals surface area contributed by atoms with Crippen LogP contribution in [-0.4, -0.2) is 45.9 Å². The molecule has 1 aromatic rings. The van der Waals surface area contributed by atoms with Gasteiger partial charge in [-0.15, -0.1) is 0 Å². The van der Waals surface area contributed by atoms with Gasteiger partial charge in [0.15, 0.2) is 0 Å². The first-order chi connectivity index (χ1) is 15.0. The second-order valence-electron chi connectivity index (χ2n) is 10.9. The minimum absolute atomic E-state index is 0.0528. The summed E-state index contributed by atoms with van der Waals surface area (Å²) in [7, 11) is 0. The van der Waals surface area contributed by atoms with Crippen molar-refractivity contribution >= 4 is 18.0 Å². The van der Waals surface area contributed by atoms with Crippen molar-refractivity contribution < 1.29 is 19.1 Å². The number of aromatic nitrogens is 1. The highest BCUT2D eigenvalue weighted by Crippen LogP contribution is 2.39. The maximum Gasteiger partial charge on any atom is 0.416 e. The number of anilines is 1. The number of carbonyl (C=O) groups excluding carboxylic acids is 2. The number of hydrogen-bond donors (Lipinski definition) is 0. The lowest BCUT2D eigenvalue weighted by Gasteiger charge is -2.39. The normalized spacial score (nSPS) is 20.2. The Balaban J connectivity index is 1.98.